The van der Waals surface area contributed by atoms with Crippen molar-refractivity contribution in [3.8, 4) is 0 Å². The zero-order valence-electron chi connectivity index (χ0n) is 13.0. The van der Waals surface area contributed by atoms with Gasteiger partial charge in [0.2, 0.25) is 0 Å². The summed E-state index contributed by atoms with van der Waals surface area (Å²) in [7, 11) is 0. The molecule has 1 aromatic heterocycles. The minimum atomic E-state index is 0.149. The minimum Gasteiger partial charge on any atom is -0.465 e. The largest absolute Gasteiger partial charge is 0.465 e. The Kier molecular flexibility index (Phi) is 7.59. The van der Waals surface area contributed by atoms with Gasteiger partial charge in [-0.25, -0.2) is 0 Å². The van der Waals surface area contributed by atoms with Crippen LogP contribution < -0.4 is 5.32 Å². The predicted octanol–water partition coefficient (Wildman–Crippen LogP) is 2.31. The molecule has 0 saturated carbocycles. The number of rotatable bonds is 10. The van der Waals surface area contributed by atoms with Crippen molar-refractivity contribution >= 4 is 0 Å². The van der Waals surface area contributed by atoms with E-state index in [1.807, 2.05) is 13.0 Å². The van der Waals surface area contributed by atoms with E-state index in [0.29, 0.717) is 19.0 Å². The first kappa shape index (κ1) is 17.0. The molecule has 0 amide bonds. The van der Waals surface area contributed by atoms with Crippen molar-refractivity contribution in [1.29, 1.82) is 0 Å². The molecule has 0 fully saturated rings. The van der Waals surface area contributed by atoms with Gasteiger partial charge in [0.15, 0.2) is 0 Å². The Balaban J connectivity index is 2.56. The van der Waals surface area contributed by atoms with Gasteiger partial charge in [0.1, 0.15) is 11.5 Å². The van der Waals surface area contributed by atoms with Gasteiger partial charge >= 0.3 is 0 Å². The van der Waals surface area contributed by atoms with Crippen LogP contribution in [-0.4, -0.2) is 36.2 Å². The van der Waals surface area contributed by atoms with Crippen LogP contribution in [0.2, 0.25) is 0 Å². The van der Waals surface area contributed by atoms with E-state index in [9.17, 15) is 0 Å². The molecule has 0 aliphatic rings. The Hall–Kier alpha value is -1.10. The maximum Gasteiger partial charge on any atom is 0.118 e. The maximum absolute atomic E-state index is 9.05. The van der Waals surface area contributed by atoms with Crippen molar-refractivity contribution < 1.29 is 9.52 Å². The van der Waals surface area contributed by atoms with Crippen molar-refractivity contribution in [3.05, 3.63) is 35.8 Å². The Morgan fingerprint density at radius 1 is 1.50 bits per heavy atom. The van der Waals surface area contributed by atoms with Crippen LogP contribution in [-0.2, 0) is 13.1 Å². The summed E-state index contributed by atoms with van der Waals surface area (Å²) in [6.45, 7) is 14.2. The van der Waals surface area contributed by atoms with Crippen LogP contribution in [0.3, 0.4) is 0 Å². The van der Waals surface area contributed by atoms with E-state index in [0.717, 1.165) is 31.2 Å². The third kappa shape index (κ3) is 5.90. The molecule has 4 nitrogen and oxygen atoms in total. The Morgan fingerprint density at radius 2 is 2.25 bits per heavy atom. The highest BCUT2D eigenvalue weighted by Crippen LogP contribution is 2.16. The topological polar surface area (TPSA) is 48.6 Å². The van der Waals surface area contributed by atoms with Crippen molar-refractivity contribution in [1.82, 2.24) is 10.2 Å². The summed E-state index contributed by atoms with van der Waals surface area (Å²) in [5.41, 5.74) is 1.21. The van der Waals surface area contributed by atoms with Gasteiger partial charge in [-0.15, -0.1) is 6.58 Å². The first-order valence-electron chi connectivity index (χ1n) is 7.29. The number of hydrogen-bond donors (Lipinski definition) is 2. The minimum absolute atomic E-state index is 0.149. The zero-order valence-corrected chi connectivity index (χ0v) is 13.0. The quantitative estimate of drug-likeness (QED) is 0.646. The van der Waals surface area contributed by atoms with E-state index < -0.39 is 0 Å². The van der Waals surface area contributed by atoms with Gasteiger partial charge in [-0.1, -0.05) is 19.9 Å². The average Bonchev–Trinajstić information content (AvgIpc) is 2.70. The van der Waals surface area contributed by atoms with Gasteiger partial charge in [0.25, 0.3) is 0 Å². The van der Waals surface area contributed by atoms with Crippen molar-refractivity contribution in [2.45, 2.75) is 33.9 Å². The van der Waals surface area contributed by atoms with Gasteiger partial charge in [0, 0.05) is 25.2 Å². The molecule has 1 aromatic rings. The Morgan fingerprint density at radius 3 is 2.85 bits per heavy atom. The molecule has 4 heteroatoms. The number of nitrogens with one attached hydrogen (secondary N) is 1. The normalized spacial score (nSPS) is 11.5. The van der Waals surface area contributed by atoms with E-state index in [-0.39, 0.29) is 6.61 Å². The van der Waals surface area contributed by atoms with E-state index in [4.69, 9.17) is 9.52 Å². The summed E-state index contributed by atoms with van der Waals surface area (Å²) in [4.78, 5) is 2.11. The van der Waals surface area contributed by atoms with Gasteiger partial charge in [-0.2, -0.15) is 0 Å². The van der Waals surface area contributed by atoms with E-state index in [1.165, 1.54) is 5.56 Å². The van der Waals surface area contributed by atoms with Crippen LogP contribution in [0.25, 0.3) is 0 Å². The van der Waals surface area contributed by atoms with Crippen LogP contribution in [0.15, 0.2) is 23.1 Å². The molecule has 0 unspecified atom stereocenters. The smallest absolute Gasteiger partial charge is 0.118 e. The SMILES string of the molecule is C=CCN(CCO)Cc1cc(CNCC(C)C)c(C)o1. The molecule has 0 spiro atoms. The molecule has 0 radical (unpaired) electrons. The second-order valence-electron chi connectivity index (χ2n) is 5.57. The average molecular weight is 280 g/mol. The third-order valence-corrected chi connectivity index (χ3v) is 3.12. The molecule has 2 N–H and O–H groups in total. The summed E-state index contributed by atoms with van der Waals surface area (Å²) in [5, 5.41) is 12.5. The molecule has 0 bridgehead atoms. The van der Waals surface area contributed by atoms with Crippen LogP contribution in [0.1, 0.15) is 30.9 Å². The Bertz CT molecular complexity index is 399. The van der Waals surface area contributed by atoms with Crippen LogP contribution >= 0.6 is 0 Å². The summed E-state index contributed by atoms with van der Waals surface area (Å²) in [6, 6.07) is 2.11. The lowest BCUT2D eigenvalue weighted by Gasteiger charge is -2.17. The van der Waals surface area contributed by atoms with Crippen LogP contribution in [0, 0.1) is 12.8 Å². The third-order valence-electron chi connectivity index (χ3n) is 3.12. The lowest BCUT2D eigenvalue weighted by atomic mass is 10.2. The van der Waals surface area contributed by atoms with E-state index in [1.54, 1.807) is 0 Å². The molecule has 1 rings (SSSR count). The molecule has 1 heterocycles. The highest BCUT2D eigenvalue weighted by atomic mass is 16.3. The highest BCUT2D eigenvalue weighted by Gasteiger charge is 2.11. The van der Waals surface area contributed by atoms with Gasteiger partial charge in [-0.05, 0) is 25.5 Å². The fraction of sp³-hybridized carbons (Fsp3) is 0.625. The lowest BCUT2D eigenvalue weighted by Crippen LogP contribution is -2.26. The molecular formula is C16H28N2O2. The van der Waals surface area contributed by atoms with Crippen molar-refractivity contribution in [2.75, 3.05) is 26.2 Å². The zero-order chi connectivity index (χ0) is 15.0. The van der Waals surface area contributed by atoms with Gasteiger partial charge in [-0.3, -0.25) is 4.90 Å². The molecule has 20 heavy (non-hydrogen) atoms. The first-order valence-corrected chi connectivity index (χ1v) is 7.29. The van der Waals surface area contributed by atoms with Crippen LogP contribution in [0.4, 0.5) is 0 Å². The summed E-state index contributed by atoms with van der Waals surface area (Å²) < 4.78 is 5.80. The highest BCUT2D eigenvalue weighted by molar-refractivity contribution is 5.20. The van der Waals surface area contributed by atoms with Crippen molar-refractivity contribution in [2.24, 2.45) is 5.92 Å². The number of aliphatic hydroxyl groups is 1. The summed E-state index contributed by atoms with van der Waals surface area (Å²) in [6.07, 6.45) is 1.84. The lowest BCUT2D eigenvalue weighted by molar-refractivity contribution is 0.193. The van der Waals surface area contributed by atoms with Gasteiger partial charge < -0.3 is 14.8 Å². The number of hydrogen-bond acceptors (Lipinski definition) is 4. The second-order valence-corrected chi connectivity index (χ2v) is 5.57. The predicted molar refractivity (Wildman–Crippen MR) is 82.5 cm³/mol. The van der Waals surface area contributed by atoms with Crippen LogP contribution in [0.5, 0.6) is 0 Å². The molecule has 0 aliphatic carbocycles. The number of nitrogens with zero attached hydrogens (tertiary/aromatic N) is 1. The first-order chi connectivity index (χ1) is 9.56. The molecule has 0 saturated heterocycles. The molecular weight excluding hydrogens is 252 g/mol. The molecule has 0 atom stereocenters. The molecule has 114 valence electrons. The summed E-state index contributed by atoms with van der Waals surface area (Å²) in [5.74, 6) is 2.56. The number of furan rings is 1. The maximum atomic E-state index is 9.05. The van der Waals surface area contributed by atoms with Gasteiger partial charge in [0.05, 0.1) is 13.2 Å². The van der Waals surface area contributed by atoms with Crippen molar-refractivity contribution in [3.63, 3.8) is 0 Å². The second kappa shape index (κ2) is 8.95. The number of aryl methyl sites for hydroxylation is 1. The Labute approximate surface area is 122 Å². The standard InChI is InChI=1S/C16H28N2O2/c1-5-6-18(7-8-19)12-16-9-15(14(4)20-16)11-17-10-13(2)3/h5,9,13,17,19H,1,6-8,10-12H2,2-4H3. The van der Waals surface area contributed by atoms with E-state index >= 15 is 0 Å². The molecule has 0 aromatic carbocycles. The summed E-state index contributed by atoms with van der Waals surface area (Å²) >= 11 is 0. The fourth-order valence-electron chi connectivity index (χ4n) is 2.12. The number of aliphatic hydroxyl groups excluding tert-OH is 1. The molecule has 0 aliphatic heterocycles. The fourth-order valence-corrected chi connectivity index (χ4v) is 2.12. The van der Waals surface area contributed by atoms with E-state index in [2.05, 4.69) is 36.7 Å². The monoisotopic (exact) mass is 280 g/mol.